The van der Waals surface area contributed by atoms with Crippen LogP contribution >= 0.6 is 11.8 Å². The van der Waals surface area contributed by atoms with Crippen LogP contribution in [-0.4, -0.2) is 28.5 Å². The van der Waals surface area contributed by atoms with E-state index < -0.39 is 23.2 Å². The first-order chi connectivity index (χ1) is 15.8. The van der Waals surface area contributed by atoms with E-state index in [1.165, 1.54) is 28.8 Å². The number of hydrogen-bond acceptors (Lipinski definition) is 3. The van der Waals surface area contributed by atoms with Gasteiger partial charge >= 0.3 is 6.18 Å². The van der Waals surface area contributed by atoms with Gasteiger partial charge in [-0.3, -0.25) is 9.59 Å². The molecule has 4 rings (SSSR count). The number of carbonyl (C=O) groups is 2. The minimum absolute atomic E-state index is 0.301. The number of nitrogens with one attached hydrogen (secondary N) is 1. The molecule has 8 heteroatoms. The molecule has 0 bridgehead atoms. The van der Waals surface area contributed by atoms with Crippen molar-refractivity contribution in [2.75, 3.05) is 5.75 Å². The van der Waals surface area contributed by atoms with E-state index in [1.807, 2.05) is 30.3 Å². The molecule has 3 aromatic rings. The Balaban J connectivity index is 1.60. The summed E-state index contributed by atoms with van der Waals surface area (Å²) >= 11 is 1.36. The summed E-state index contributed by atoms with van der Waals surface area (Å²) in [4.78, 5) is 27.9. The van der Waals surface area contributed by atoms with Crippen LogP contribution in [0.3, 0.4) is 0 Å². The lowest BCUT2D eigenvalue weighted by Crippen LogP contribution is -2.47. The molecule has 3 aromatic carbocycles. The van der Waals surface area contributed by atoms with Crippen molar-refractivity contribution in [3.8, 4) is 0 Å². The number of hydrogen-bond donors (Lipinski definition) is 1. The first kappa shape index (κ1) is 22.9. The molecular weight excluding hydrogens is 449 g/mol. The summed E-state index contributed by atoms with van der Waals surface area (Å²) in [6.07, 6.45) is -4.44. The highest BCUT2D eigenvalue weighted by Gasteiger charge is 2.42. The van der Waals surface area contributed by atoms with Crippen molar-refractivity contribution in [1.82, 2.24) is 10.2 Å². The molecule has 4 nitrogen and oxygen atoms in total. The van der Waals surface area contributed by atoms with Gasteiger partial charge in [0.2, 0.25) is 5.91 Å². The summed E-state index contributed by atoms with van der Waals surface area (Å²) < 4.78 is 39.0. The number of halogens is 3. The zero-order valence-corrected chi connectivity index (χ0v) is 18.3. The van der Waals surface area contributed by atoms with E-state index in [9.17, 15) is 22.8 Å². The molecule has 0 spiro atoms. The average molecular weight is 471 g/mol. The Labute approximate surface area is 193 Å². The second-order valence-electron chi connectivity index (χ2n) is 7.60. The maximum absolute atomic E-state index is 13.4. The Hall–Kier alpha value is -3.26. The van der Waals surface area contributed by atoms with Crippen LogP contribution in [-0.2, 0) is 17.5 Å². The van der Waals surface area contributed by atoms with Crippen LogP contribution in [0.2, 0.25) is 0 Å². The zero-order chi connectivity index (χ0) is 23.4. The first-order valence-electron chi connectivity index (χ1n) is 10.3. The number of benzene rings is 3. The standard InChI is InChI=1S/C25H21F3N2O2S/c26-25(27,28)20-13-11-19(12-14-20)24-30(23(32)18-9-5-2-6-10-18)21(16-33-24)22(31)29-15-17-7-3-1-4-8-17/h1-14,21,24H,15-16H2,(H,29,31)/t21-,24+/m1/s1. The minimum Gasteiger partial charge on any atom is -0.350 e. The maximum Gasteiger partial charge on any atom is 0.416 e. The fourth-order valence-corrected chi connectivity index (χ4v) is 5.11. The monoisotopic (exact) mass is 470 g/mol. The van der Waals surface area contributed by atoms with E-state index in [4.69, 9.17) is 0 Å². The van der Waals surface area contributed by atoms with Gasteiger partial charge in [0.15, 0.2) is 0 Å². The van der Waals surface area contributed by atoms with Crippen LogP contribution in [0.25, 0.3) is 0 Å². The number of rotatable bonds is 5. The van der Waals surface area contributed by atoms with Crippen LogP contribution in [0.5, 0.6) is 0 Å². The highest BCUT2D eigenvalue weighted by atomic mass is 32.2. The molecule has 2 amide bonds. The molecule has 0 aliphatic carbocycles. The normalized spacial score (nSPS) is 18.2. The van der Waals surface area contributed by atoms with E-state index in [1.54, 1.807) is 30.3 Å². The van der Waals surface area contributed by atoms with E-state index in [-0.39, 0.29) is 11.8 Å². The lowest BCUT2D eigenvalue weighted by molar-refractivity contribution is -0.137. The SMILES string of the molecule is O=C(NCc1ccccc1)[C@H]1CS[C@@H](c2ccc(C(F)(F)F)cc2)N1C(=O)c1ccccc1. The second-order valence-corrected chi connectivity index (χ2v) is 8.72. The van der Waals surface area contributed by atoms with Gasteiger partial charge in [0.1, 0.15) is 11.4 Å². The zero-order valence-electron chi connectivity index (χ0n) is 17.5. The molecule has 1 aliphatic rings. The van der Waals surface area contributed by atoms with E-state index in [0.29, 0.717) is 23.4 Å². The summed E-state index contributed by atoms with van der Waals surface area (Å²) in [5.74, 6) is -0.305. The van der Waals surface area contributed by atoms with Crippen molar-refractivity contribution in [2.24, 2.45) is 0 Å². The third kappa shape index (κ3) is 5.22. The number of alkyl halides is 3. The van der Waals surface area contributed by atoms with Gasteiger partial charge in [-0.1, -0.05) is 60.7 Å². The predicted octanol–water partition coefficient (Wildman–Crippen LogP) is 5.28. The van der Waals surface area contributed by atoms with Crippen molar-refractivity contribution in [1.29, 1.82) is 0 Å². The van der Waals surface area contributed by atoms with Crippen molar-refractivity contribution in [3.05, 3.63) is 107 Å². The van der Waals surface area contributed by atoms with E-state index >= 15 is 0 Å². The summed E-state index contributed by atoms with van der Waals surface area (Å²) in [7, 11) is 0. The predicted molar refractivity (Wildman–Crippen MR) is 121 cm³/mol. The summed E-state index contributed by atoms with van der Waals surface area (Å²) in [5, 5.41) is 2.31. The van der Waals surface area contributed by atoms with Gasteiger partial charge in [-0.15, -0.1) is 11.8 Å². The molecule has 2 atom stereocenters. The topological polar surface area (TPSA) is 49.4 Å². The Morgan fingerprint density at radius 1 is 0.909 bits per heavy atom. The molecule has 33 heavy (non-hydrogen) atoms. The van der Waals surface area contributed by atoms with Crippen molar-refractivity contribution >= 4 is 23.6 Å². The summed E-state index contributed by atoms with van der Waals surface area (Å²) in [6.45, 7) is 0.319. The average Bonchev–Trinajstić information content (AvgIpc) is 3.28. The molecule has 0 saturated carbocycles. The Kier molecular flexibility index (Phi) is 6.74. The Morgan fingerprint density at radius 3 is 2.12 bits per heavy atom. The number of nitrogens with zero attached hydrogens (tertiary/aromatic N) is 1. The summed E-state index contributed by atoms with van der Waals surface area (Å²) in [6, 6.07) is 22.0. The van der Waals surface area contributed by atoms with Gasteiger partial charge in [-0.2, -0.15) is 13.2 Å². The highest BCUT2D eigenvalue weighted by Crippen LogP contribution is 2.43. The molecule has 170 valence electrons. The fourth-order valence-electron chi connectivity index (χ4n) is 3.68. The van der Waals surface area contributed by atoms with Gasteiger partial charge in [0, 0.05) is 17.9 Å². The van der Waals surface area contributed by atoms with Gasteiger partial charge < -0.3 is 10.2 Å². The van der Waals surface area contributed by atoms with Crippen LogP contribution in [0.4, 0.5) is 13.2 Å². The Bertz CT molecular complexity index is 1110. The van der Waals surface area contributed by atoms with Crippen molar-refractivity contribution < 1.29 is 22.8 Å². The molecule has 0 radical (unpaired) electrons. The number of thioether (sulfide) groups is 1. The molecule has 1 fully saturated rings. The lowest BCUT2D eigenvalue weighted by Gasteiger charge is -2.29. The Morgan fingerprint density at radius 2 is 1.52 bits per heavy atom. The van der Waals surface area contributed by atoms with Crippen LogP contribution in [0, 0.1) is 0 Å². The van der Waals surface area contributed by atoms with Gasteiger partial charge in [0.25, 0.3) is 5.91 Å². The molecule has 1 aliphatic heterocycles. The first-order valence-corrected chi connectivity index (χ1v) is 11.4. The smallest absolute Gasteiger partial charge is 0.350 e. The summed E-state index contributed by atoms with van der Waals surface area (Å²) in [5.41, 5.74) is 1.12. The van der Waals surface area contributed by atoms with Gasteiger partial charge in [-0.25, -0.2) is 0 Å². The molecule has 1 N–H and O–H groups in total. The largest absolute Gasteiger partial charge is 0.416 e. The molecule has 1 heterocycles. The van der Waals surface area contributed by atoms with Crippen LogP contribution < -0.4 is 5.32 Å². The second kappa shape index (κ2) is 9.70. The quantitative estimate of drug-likeness (QED) is 0.552. The molecule has 0 unspecified atom stereocenters. The fraction of sp³-hybridized carbons (Fsp3) is 0.200. The third-order valence-corrected chi connectivity index (χ3v) is 6.71. The van der Waals surface area contributed by atoms with Gasteiger partial charge in [0.05, 0.1) is 5.56 Å². The van der Waals surface area contributed by atoms with Gasteiger partial charge in [-0.05, 0) is 35.4 Å². The van der Waals surface area contributed by atoms with Crippen LogP contribution in [0.15, 0.2) is 84.9 Å². The van der Waals surface area contributed by atoms with Crippen molar-refractivity contribution in [2.45, 2.75) is 24.1 Å². The van der Waals surface area contributed by atoms with E-state index in [0.717, 1.165) is 17.7 Å². The lowest BCUT2D eigenvalue weighted by atomic mass is 10.1. The highest BCUT2D eigenvalue weighted by molar-refractivity contribution is 7.99. The van der Waals surface area contributed by atoms with E-state index in [2.05, 4.69) is 5.32 Å². The molecule has 0 aromatic heterocycles. The molecular formula is C25H21F3N2O2S. The van der Waals surface area contributed by atoms with Crippen LogP contribution in [0.1, 0.15) is 32.4 Å². The minimum atomic E-state index is -4.44. The third-order valence-electron chi connectivity index (χ3n) is 5.39. The maximum atomic E-state index is 13.4. The number of carbonyl (C=O) groups excluding carboxylic acids is 2. The molecule has 1 saturated heterocycles. The van der Waals surface area contributed by atoms with Crippen molar-refractivity contribution in [3.63, 3.8) is 0 Å². The number of amides is 2.